The van der Waals surface area contributed by atoms with Gasteiger partial charge >= 0.3 is 0 Å². The van der Waals surface area contributed by atoms with E-state index in [0.29, 0.717) is 12.1 Å². The van der Waals surface area contributed by atoms with Crippen LogP contribution in [0.15, 0.2) is 43.0 Å². The second kappa shape index (κ2) is 7.89. The Morgan fingerprint density at radius 2 is 2.00 bits per heavy atom. The standard InChI is InChI=1S/C17H23N5O/c23-17(20-6-1-10-21-11-7-18-8-12-21)15-2-4-16(5-3-15)22-13-9-19-14-22/h2-5,9,13-14,18H,1,6-8,10-12H2,(H,20,23). The summed E-state index contributed by atoms with van der Waals surface area (Å²) in [6, 6.07) is 7.55. The number of hydrogen-bond acceptors (Lipinski definition) is 4. The summed E-state index contributed by atoms with van der Waals surface area (Å²) < 4.78 is 1.91. The van der Waals surface area contributed by atoms with Crippen molar-refractivity contribution in [3.05, 3.63) is 48.5 Å². The van der Waals surface area contributed by atoms with Crippen molar-refractivity contribution in [2.24, 2.45) is 0 Å². The predicted octanol–water partition coefficient (Wildman–Crippen LogP) is 0.897. The molecule has 1 saturated heterocycles. The van der Waals surface area contributed by atoms with E-state index in [4.69, 9.17) is 0 Å². The van der Waals surface area contributed by atoms with Crippen LogP contribution in [0, 0.1) is 0 Å². The maximum absolute atomic E-state index is 12.1. The number of piperazine rings is 1. The van der Waals surface area contributed by atoms with E-state index < -0.39 is 0 Å². The lowest BCUT2D eigenvalue weighted by Gasteiger charge is -2.27. The fraction of sp³-hybridized carbons (Fsp3) is 0.412. The van der Waals surface area contributed by atoms with Crippen LogP contribution in [0.3, 0.4) is 0 Å². The Kier molecular flexibility index (Phi) is 5.39. The van der Waals surface area contributed by atoms with Crippen LogP contribution in [0.1, 0.15) is 16.8 Å². The zero-order chi connectivity index (χ0) is 15.9. The molecule has 0 aliphatic carbocycles. The van der Waals surface area contributed by atoms with Crippen LogP contribution >= 0.6 is 0 Å². The number of imidazole rings is 1. The van der Waals surface area contributed by atoms with E-state index in [1.807, 2.05) is 35.0 Å². The molecule has 2 aromatic rings. The topological polar surface area (TPSA) is 62.2 Å². The van der Waals surface area contributed by atoms with E-state index in [1.165, 1.54) is 0 Å². The Morgan fingerprint density at radius 3 is 2.70 bits per heavy atom. The maximum Gasteiger partial charge on any atom is 0.251 e. The minimum absolute atomic E-state index is 0.0116. The summed E-state index contributed by atoms with van der Waals surface area (Å²) >= 11 is 0. The molecule has 1 amide bonds. The molecule has 1 aromatic heterocycles. The maximum atomic E-state index is 12.1. The Labute approximate surface area is 136 Å². The van der Waals surface area contributed by atoms with Gasteiger partial charge in [0.25, 0.3) is 5.91 Å². The summed E-state index contributed by atoms with van der Waals surface area (Å²) in [6.45, 7) is 6.09. The minimum atomic E-state index is -0.0116. The zero-order valence-corrected chi connectivity index (χ0v) is 13.2. The fourth-order valence-corrected chi connectivity index (χ4v) is 2.74. The summed E-state index contributed by atoms with van der Waals surface area (Å²) in [5.74, 6) is -0.0116. The van der Waals surface area contributed by atoms with Crippen molar-refractivity contribution in [3.8, 4) is 5.69 Å². The van der Waals surface area contributed by atoms with Crippen LogP contribution in [-0.2, 0) is 0 Å². The highest BCUT2D eigenvalue weighted by molar-refractivity contribution is 5.94. The smallest absolute Gasteiger partial charge is 0.251 e. The van der Waals surface area contributed by atoms with Gasteiger partial charge in [-0.05, 0) is 37.2 Å². The largest absolute Gasteiger partial charge is 0.352 e. The first-order chi connectivity index (χ1) is 11.3. The molecule has 122 valence electrons. The van der Waals surface area contributed by atoms with E-state index in [0.717, 1.165) is 44.8 Å². The van der Waals surface area contributed by atoms with Gasteiger partial charge in [0.1, 0.15) is 0 Å². The molecule has 0 atom stereocenters. The third-order valence-corrected chi connectivity index (χ3v) is 4.08. The molecule has 1 aliphatic rings. The summed E-state index contributed by atoms with van der Waals surface area (Å²) in [4.78, 5) is 18.6. The van der Waals surface area contributed by atoms with E-state index in [9.17, 15) is 4.79 Å². The number of nitrogens with zero attached hydrogens (tertiary/aromatic N) is 3. The minimum Gasteiger partial charge on any atom is -0.352 e. The second-order valence-corrected chi connectivity index (χ2v) is 5.72. The van der Waals surface area contributed by atoms with E-state index in [1.54, 1.807) is 12.5 Å². The molecule has 2 heterocycles. The van der Waals surface area contributed by atoms with E-state index in [2.05, 4.69) is 20.5 Å². The number of carbonyl (C=O) groups is 1. The Morgan fingerprint density at radius 1 is 1.22 bits per heavy atom. The van der Waals surface area contributed by atoms with Crippen LogP contribution in [0.5, 0.6) is 0 Å². The molecule has 0 saturated carbocycles. The molecule has 1 aliphatic heterocycles. The summed E-state index contributed by atoms with van der Waals surface area (Å²) in [7, 11) is 0. The van der Waals surface area contributed by atoms with Crippen LogP contribution in [-0.4, -0.2) is 59.6 Å². The molecule has 0 bridgehead atoms. The number of amides is 1. The molecule has 0 spiro atoms. The fourth-order valence-electron chi connectivity index (χ4n) is 2.74. The van der Waals surface area contributed by atoms with Gasteiger partial charge in [0, 0.05) is 56.4 Å². The van der Waals surface area contributed by atoms with Gasteiger partial charge in [0.15, 0.2) is 0 Å². The number of hydrogen-bond donors (Lipinski definition) is 2. The average Bonchev–Trinajstić information content (AvgIpc) is 3.14. The molecule has 1 fully saturated rings. The van der Waals surface area contributed by atoms with Crippen molar-refractivity contribution in [2.75, 3.05) is 39.3 Å². The predicted molar refractivity (Wildman–Crippen MR) is 89.8 cm³/mol. The molecule has 1 aromatic carbocycles. The van der Waals surface area contributed by atoms with Crippen LogP contribution < -0.4 is 10.6 Å². The molecule has 6 nitrogen and oxygen atoms in total. The highest BCUT2D eigenvalue weighted by atomic mass is 16.1. The van der Waals surface area contributed by atoms with Crippen LogP contribution in [0.25, 0.3) is 5.69 Å². The van der Waals surface area contributed by atoms with Crippen LogP contribution in [0.2, 0.25) is 0 Å². The first-order valence-corrected chi connectivity index (χ1v) is 8.12. The van der Waals surface area contributed by atoms with Gasteiger partial charge in [-0.2, -0.15) is 0 Å². The SMILES string of the molecule is O=C(NCCCN1CCNCC1)c1ccc(-n2ccnc2)cc1. The lowest BCUT2D eigenvalue weighted by atomic mass is 10.2. The van der Waals surface area contributed by atoms with Crippen LogP contribution in [0.4, 0.5) is 0 Å². The second-order valence-electron chi connectivity index (χ2n) is 5.72. The van der Waals surface area contributed by atoms with Gasteiger partial charge in [0.05, 0.1) is 6.33 Å². The van der Waals surface area contributed by atoms with E-state index in [-0.39, 0.29) is 5.91 Å². The molecule has 0 radical (unpaired) electrons. The zero-order valence-electron chi connectivity index (χ0n) is 13.2. The molecule has 23 heavy (non-hydrogen) atoms. The number of benzene rings is 1. The van der Waals surface area contributed by atoms with E-state index >= 15 is 0 Å². The lowest BCUT2D eigenvalue weighted by Crippen LogP contribution is -2.44. The lowest BCUT2D eigenvalue weighted by molar-refractivity contribution is 0.0951. The van der Waals surface area contributed by atoms with Gasteiger partial charge in [0.2, 0.25) is 0 Å². The van der Waals surface area contributed by atoms with Crippen molar-refractivity contribution in [2.45, 2.75) is 6.42 Å². The van der Waals surface area contributed by atoms with Gasteiger partial charge < -0.3 is 20.1 Å². The monoisotopic (exact) mass is 313 g/mol. The first kappa shape index (κ1) is 15.7. The summed E-state index contributed by atoms with van der Waals surface area (Å²) in [6.07, 6.45) is 6.34. The van der Waals surface area contributed by atoms with Gasteiger partial charge in [-0.3, -0.25) is 4.79 Å². The highest BCUT2D eigenvalue weighted by Gasteiger charge is 2.09. The molecule has 0 unspecified atom stereocenters. The quantitative estimate of drug-likeness (QED) is 0.778. The van der Waals surface area contributed by atoms with Crippen molar-refractivity contribution >= 4 is 5.91 Å². The molecular weight excluding hydrogens is 290 g/mol. The molecule has 3 rings (SSSR count). The Bertz CT molecular complexity index is 602. The number of carbonyl (C=O) groups excluding carboxylic acids is 1. The number of rotatable bonds is 6. The Balaban J connectivity index is 1.43. The Hall–Kier alpha value is -2.18. The first-order valence-electron chi connectivity index (χ1n) is 8.12. The van der Waals surface area contributed by atoms with Crippen molar-refractivity contribution < 1.29 is 4.79 Å². The van der Waals surface area contributed by atoms with Crippen molar-refractivity contribution in [3.63, 3.8) is 0 Å². The highest BCUT2D eigenvalue weighted by Crippen LogP contribution is 2.09. The van der Waals surface area contributed by atoms with Gasteiger partial charge in [-0.25, -0.2) is 4.98 Å². The average molecular weight is 313 g/mol. The third-order valence-electron chi connectivity index (χ3n) is 4.08. The number of aromatic nitrogens is 2. The summed E-state index contributed by atoms with van der Waals surface area (Å²) in [5.41, 5.74) is 1.69. The van der Waals surface area contributed by atoms with Crippen molar-refractivity contribution in [1.29, 1.82) is 0 Å². The van der Waals surface area contributed by atoms with Gasteiger partial charge in [-0.1, -0.05) is 0 Å². The normalized spacial score (nSPS) is 15.5. The number of nitrogens with one attached hydrogen (secondary N) is 2. The molecular formula is C17H23N5O. The van der Waals surface area contributed by atoms with Crippen molar-refractivity contribution in [1.82, 2.24) is 25.1 Å². The third kappa shape index (κ3) is 4.40. The molecule has 2 N–H and O–H groups in total. The molecule has 6 heteroatoms. The van der Waals surface area contributed by atoms with Gasteiger partial charge in [-0.15, -0.1) is 0 Å². The summed E-state index contributed by atoms with van der Waals surface area (Å²) in [5, 5.41) is 6.33.